The minimum Gasteiger partial charge on any atom is -0.348 e. The van der Waals surface area contributed by atoms with Gasteiger partial charge in [0, 0.05) is 32.1 Å². The number of nitrogens with zero attached hydrogens (tertiary/aromatic N) is 2. The van der Waals surface area contributed by atoms with Crippen LogP contribution in [0.25, 0.3) is 0 Å². The number of hydrogen-bond acceptors (Lipinski definition) is 5. The monoisotopic (exact) mass is 531 g/mol. The van der Waals surface area contributed by atoms with E-state index in [2.05, 4.69) is 29.0 Å². The van der Waals surface area contributed by atoms with Crippen LogP contribution in [0.2, 0.25) is 0 Å². The molecule has 0 spiro atoms. The van der Waals surface area contributed by atoms with Crippen LogP contribution >= 0.6 is 0 Å². The van der Waals surface area contributed by atoms with Crippen LogP contribution in [0.15, 0.2) is 65.7 Å². The Morgan fingerprint density at radius 1 is 1.11 bits per heavy atom. The molecule has 1 atom stereocenters. The van der Waals surface area contributed by atoms with Gasteiger partial charge in [0.1, 0.15) is 0 Å². The fourth-order valence-corrected chi connectivity index (χ4v) is 5.32. The van der Waals surface area contributed by atoms with Crippen LogP contribution in [0.5, 0.6) is 0 Å². The summed E-state index contributed by atoms with van der Waals surface area (Å²) in [5.41, 5.74) is 2.89. The van der Waals surface area contributed by atoms with E-state index in [0.29, 0.717) is 24.2 Å². The number of hydrogen-bond donors (Lipinski definition) is 1. The van der Waals surface area contributed by atoms with Gasteiger partial charge >= 0.3 is 6.18 Å². The fourth-order valence-electron chi connectivity index (χ4n) is 4.62. The highest BCUT2D eigenvalue weighted by Gasteiger charge is 2.35. The number of benzene rings is 2. The Hall–Kier alpha value is -3.24. The van der Waals surface area contributed by atoms with E-state index in [4.69, 9.17) is 0 Å². The molecule has 6 nitrogen and oxygen atoms in total. The van der Waals surface area contributed by atoms with Crippen molar-refractivity contribution in [3.8, 4) is 0 Å². The van der Waals surface area contributed by atoms with Crippen molar-refractivity contribution in [2.24, 2.45) is 5.92 Å². The van der Waals surface area contributed by atoms with E-state index in [9.17, 15) is 26.4 Å². The molecular formula is C27H28F3N3O3S. The standard InChI is InChI=1S/C27H28F3N3O3S/c1-17(2)25-24-21(16-33(25)15-18-7-9-22(10-8-18)27(28,29)30)12-20(14-31-24)26(34)32-13-19-5-4-6-23(11-19)37(3,35)36/h4-12,14,17,25H,13,15-16H2,1-3H3,(H,32,34). The summed E-state index contributed by atoms with van der Waals surface area (Å²) < 4.78 is 62.3. The lowest BCUT2D eigenvalue weighted by molar-refractivity contribution is -0.137. The summed E-state index contributed by atoms with van der Waals surface area (Å²) in [5.74, 6) is -0.132. The Morgan fingerprint density at radius 2 is 1.81 bits per heavy atom. The number of alkyl halides is 3. The number of rotatable bonds is 7. The predicted octanol–water partition coefficient (Wildman–Crippen LogP) is 5.15. The molecule has 37 heavy (non-hydrogen) atoms. The molecule has 0 fully saturated rings. The van der Waals surface area contributed by atoms with Crippen LogP contribution in [-0.2, 0) is 35.6 Å². The molecule has 1 N–H and O–H groups in total. The summed E-state index contributed by atoms with van der Waals surface area (Å²) in [6.45, 7) is 5.26. The van der Waals surface area contributed by atoms with Crippen molar-refractivity contribution in [1.82, 2.24) is 15.2 Å². The Morgan fingerprint density at radius 3 is 2.43 bits per heavy atom. The Labute approximate surface area is 214 Å². The van der Waals surface area contributed by atoms with E-state index < -0.39 is 21.6 Å². The van der Waals surface area contributed by atoms with E-state index >= 15 is 0 Å². The van der Waals surface area contributed by atoms with Crippen LogP contribution in [0, 0.1) is 5.92 Å². The van der Waals surface area contributed by atoms with Gasteiger partial charge in [0.05, 0.1) is 27.8 Å². The number of fused-ring (bicyclic) bond motifs is 1. The third-order valence-corrected chi connectivity index (χ3v) is 7.50. The average molecular weight is 532 g/mol. The first-order valence-electron chi connectivity index (χ1n) is 11.8. The SMILES string of the molecule is CC(C)C1c2ncc(C(=O)NCc3cccc(S(C)(=O)=O)c3)cc2CN1Cc1ccc(C(F)(F)F)cc1. The molecule has 0 saturated heterocycles. The molecule has 0 aliphatic carbocycles. The molecule has 10 heteroatoms. The van der Waals surface area contributed by atoms with Gasteiger partial charge in [0.15, 0.2) is 9.84 Å². The second-order valence-corrected chi connectivity index (χ2v) is 11.7. The Kier molecular flexibility index (Phi) is 7.43. The van der Waals surface area contributed by atoms with Crippen molar-refractivity contribution in [3.05, 3.63) is 94.3 Å². The van der Waals surface area contributed by atoms with Crippen molar-refractivity contribution in [1.29, 1.82) is 0 Å². The van der Waals surface area contributed by atoms with Crippen LogP contribution < -0.4 is 5.32 Å². The molecule has 0 bridgehead atoms. The minimum absolute atomic E-state index is 0.0341. The first-order valence-corrected chi connectivity index (χ1v) is 13.7. The molecule has 1 unspecified atom stereocenters. The van der Waals surface area contributed by atoms with Gasteiger partial charge in [-0.1, -0.05) is 38.1 Å². The lowest BCUT2D eigenvalue weighted by Crippen LogP contribution is -2.25. The highest BCUT2D eigenvalue weighted by molar-refractivity contribution is 7.90. The number of amides is 1. The number of aromatic nitrogens is 1. The zero-order chi connectivity index (χ0) is 27.0. The molecule has 4 rings (SSSR count). The van der Waals surface area contributed by atoms with Crippen molar-refractivity contribution in [3.63, 3.8) is 0 Å². The van der Waals surface area contributed by atoms with Gasteiger partial charge in [-0.2, -0.15) is 13.2 Å². The molecule has 1 amide bonds. The number of carbonyl (C=O) groups excluding carboxylic acids is 1. The number of carbonyl (C=O) groups is 1. The third kappa shape index (κ3) is 6.19. The van der Waals surface area contributed by atoms with Crippen molar-refractivity contribution in [2.75, 3.05) is 6.26 Å². The second-order valence-electron chi connectivity index (χ2n) is 9.66. The largest absolute Gasteiger partial charge is 0.416 e. The molecule has 1 aliphatic rings. The van der Waals surface area contributed by atoms with Gasteiger partial charge in [0.25, 0.3) is 5.91 Å². The lowest BCUT2D eigenvalue weighted by atomic mass is 9.99. The van der Waals surface area contributed by atoms with Crippen LogP contribution in [0.4, 0.5) is 13.2 Å². The summed E-state index contributed by atoms with van der Waals surface area (Å²) in [6.07, 6.45) is -1.72. The lowest BCUT2D eigenvalue weighted by Gasteiger charge is -2.27. The highest BCUT2D eigenvalue weighted by atomic mass is 32.2. The number of nitrogens with one attached hydrogen (secondary N) is 1. The van der Waals surface area contributed by atoms with Crippen molar-refractivity contribution in [2.45, 2.75) is 50.6 Å². The summed E-state index contributed by atoms with van der Waals surface area (Å²) in [5, 5.41) is 2.81. The highest BCUT2D eigenvalue weighted by Crippen LogP contribution is 2.39. The summed E-state index contributed by atoms with van der Waals surface area (Å²) in [6, 6.07) is 13.3. The van der Waals surface area contributed by atoms with E-state index in [1.54, 1.807) is 18.2 Å². The molecule has 0 radical (unpaired) electrons. The summed E-state index contributed by atoms with van der Waals surface area (Å²) >= 11 is 0. The summed E-state index contributed by atoms with van der Waals surface area (Å²) in [4.78, 5) is 19.8. The van der Waals surface area contributed by atoms with Crippen LogP contribution in [0.1, 0.15) is 58.2 Å². The van der Waals surface area contributed by atoms with Crippen molar-refractivity contribution >= 4 is 15.7 Å². The maximum Gasteiger partial charge on any atom is 0.416 e. The smallest absolute Gasteiger partial charge is 0.348 e. The molecule has 1 aliphatic heterocycles. The normalized spacial score (nSPS) is 16.1. The Bertz CT molecular complexity index is 1400. The number of halogens is 3. The topological polar surface area (TPSA) is 79.4 Å². The number of pyridine rings is 1. The predicted molar refractivity (Wildman–Crippen MR) is 133 cm³/mol. The minimum atomic E-state index is -4.37. The van der Waals surface area contributed by atoms with E-state index in [0.717, 1.165) is 35.2 Å². The maximum absolute atomic E-state index is 12.9. The van der Waals surface area contributed by atoms with Crippen molar-refractivity contribution < 1.29 is 26.4 Å². The zero-order valence-electron chi connectivity index (χ0n) is 20.7. The molecule has 3 aromatic rings. The molecule has 2 aromatic carbocycles. The van der Waals surface area contributed by atoms with Gasteiger partial charge in [-0.05, 0) is 52.9 Å². The van der Waals surface area contributed by atoms with E-state index in [1.165, 1.54) is 30.5 Å². The summed E-state index contributed by atoms with van der Waals surface area (Å²) in [7, 11) is -3.35. The van der Waals surface area contributed by atoms with E-state index in [1.807, 2.05) is 0 Å². The second kappa shape index (κ2) is 10.3. The van der Waals surface area contributed by atoms with Gasteiger partial charge in [-0.25, -0.2) is 8.42 Å². The number of sulfone groups is 1. The van der Waals surface area contributed by atoms with E-state index in [-0.39, 0.29) is 29.3 Å². The van der Waals surface area contributed by atoms with Gasteiger partial charge in [0.2, 0.25) is 0 Å². The van der Waals surface area contributed by atoms with Gasteiger partial charge in [-0.3, -0.25) is 14.7 Å². The third-order valence-electron chi connectivity index (χ3n) is 6.39. The zero-order valence-corrected chi connectivity index (χ0v) is 21.5. The molecule has 2 heterocycles. The maximum atomic E-state index is 12.9. The van der Waals surface area contributed by atoms with Crippen LogP contribution in [-0.4, -0.2) is 30.5 Å². The first kappa shape index (κ1) is 26.8. The molecule has 0 saturated carbocycles. The first-order chi connectivity index (χ1) is 17.3. The Balaban J connectivity index is 1.47. The molecule has 1 aromatic heterocycles. The van der Waals surface area contributed by atoms with Gasteiger partial charge < -0.3 is 5.32 Å². The van der Waals surface area contributed by atoms with Gasteiger partial charge in [-0.15, -0.1) is 0 Å². The molecule has 196 valence electrons. The fraction of sp³-hybridized carbons (Fsp3) is 0.333. The average Bonchev–Trinajstić information content (AvgIpc) is 3.19. The van der Waals surface area contributed by atoms with Crippen LogP contribution in [0.3, 0.4) is 0 Å². The molecular weight excluding hydrogens is 503 g/mol. The quantitative estimate of drug-likeness (QED) is 0.456.